The molecule has 0 aliphatic carbocycles. The molecule has 0 atom stereocenters. The highest BCUT2D eigenvalue weighted by Gasteiger charge is 2.14. The smallest absolute Gasteiger partial charge is 0.264 e. The minimum atomic E-state index is -0.253. The van der Waals surface area contributed by atoms with Gasteiger partial charge in [0, 0.05) is 34.3 Å². The summed E-state index contributed by atoms with van der Waals surface area (Å²) in [6, 6.07) is 13.9. The second-order valence-corrected chi connectivity index (χ2v) is 6.96. The van der Waals surface area contributed by atoms with E-state index in [0.717, 1.165) is 0 Å². The van der Waals surface area contributed by atoms with Crippen LogP contribution in [0.4, 0.5) is 5.69 Å². The number of aryl methyl sites for hydroxylation is 1. The quantitative estimate of drug-likeness (QED) is 0.514. The number of benzene rings is 2. The first-order valence-electron chi connectivity index (χ1n) is 9.59. The number of anilines is 1. The monoisotopic (exact) mass is 419 g/mol. The first-order valence-corrected chi connectivity index (χ1v) is 9.59. The molecular formula is C23H21N3O5. The Kier molecular flexibility index (Phi) is 5.44. The highest BCUT2D eigenvalue weighted by atomic mass is 16.5. The van der Waals surface area contributed by atoms with Gasteiger partial charge < -0.3 is 19.3 Å². The van der Waals surface area contributed by atoms with Crippen molar-refractivity contribution < 1.29 is 18.8 Å². The lowest BCUT2D eigenvalue weighted by Gasteiger charge is -2.12. The Morgan fingerprint density at radius 3 is 2.65 bits per heavy atom. The lowest BCUT2D eigenvalue weighted by atomic mass is 10.1. The van der Waals surface area contributed by atoms with Gasteiger partial charge in [-0.2, -0.15) is 0 Å². The molecule has 8 heteroatoms. The SMILES string of the molecule is COc1ccc(OC)c(CC(=O)Nc2cccc3c(=O)n(-c4cc(C)on4)ccc23)c1. The number of hydrogen-bond donors (Lipinski definition) is 1. The number of amides is 1. The lowest BCUT2D eigenvalue weighted by molar-refractivity contribution is -0.115. The molecule has 0 saturated heterocycles. The summed E-state index contributed by atoms with van der Waals surface area (Å²) >= 11 is 0. The fourth-order valence-corrected chi connectivity index (χ4v) is 3.42. The molecule has 0 aliphatic rings. The van der Waals surface area contributed by atoms with Crippen LogP contribution in [0, 0.1) is 6.92 Å². The van der Waals surface area contributed by atoms with Crippen LogP contribution >= 0.6 is 0 Å². The molecule has 1 amide bonds. The molecule has 158 valence electrons. The fraction of sp³-hybridized carbons (Fsp3) is 0.174. The third-order valence-corrected chi connectivity index (χ3v) is 4.92. The van der Waals surface area contributed by atoms with E-state index in [1.54, 1.807) is 75.9 Å². The van der Waals surface area contributed by atoms with Gasteiger partial charge in [-0.3, -0.25) is 14.2 Å². The van der Waals surface area contributed by atoms with Crippen molar-refractivity contribution in [1.29, 1.82) is 0 Å². The van der Waals surface area contributed by atoms with Gasteiger partial charge in [0.15, 0.2) is 5.82 Å². The molecule has 1 N–H and O–H groups in total. The summed E-state index contributed by atoms with van der Waals surface area (Å²) in [5.74, 6) is 2.01. The van der Waals surface area contributed by atoms with E-state index in [2.05, 4.69) is 10.5 Å². The number of fused-ring (bicyclic) bond motifs is 1. The Bertz CT molecular complexity index is 1320. The zero-order chi connectivity index (χ0) is 22.0. The molecule has 2 aromatic carbocycles. The van der Waals surface area contributed by atoms with Crippen LogP contribution in [0.1, 0.15) is 11.3 Å². The predicted molar refractivity (Wildman–Crippen MR) is 116 cm³/mol. The zero-order valence-corrected chi connectivity index (χ0v) is 17.3. The summed E-state index contributed by atoms with van der Waals surface area (Å²) in [5.41, 5.74) is 0.990. The molecule has 4 rings (SSSR count). The molecule has 4 aromatic rings. The van der Waals surface area contributed by atoms with Gasteiger partial charge in [0.2, 0.25) is 5.91 Å². The van der Waals surface area contributed by atoms with E-state index in [9.17, 15) is 9.59 Å². The number of pyridine rings is 1. The average molecular weight is 419 g/mol. The van der Waals surface area contributed by atoms with Crippen LogP contribution in [0.15, 0.2) is 64.0 Å². The summed E-state index contributed by atoms with van der Waals surface area (Å²) in [6.45, 7) is 1.76. The van der Waals surface area contributed by atoms with Crippen molar-refractivity contribution in [3.05, 3.63) is 76.4 Å². The maximum atomic E-state index is 13.0. The van der Waals surface area contributed by atoms with Gasteiger partial charge >= 0.3 is 0 Å². The van der Waals surface area contributed by atoms with E-state index < -0.39 is 0 Å². The van der Waals surface area contributed by atoms with Crippen LogP contribution < -0.4 is 20.3 Å². The number of aromatic nitrogens is 2. The molecule has 0 fully saturated rings. The molecule has 0 aliphatic heterocycles. The number of methoxy groups -OCH3 is 2. The Morgan fingerprint density at radius 1 is 1.10 bits per heavy atom. The van der Waals surface area contributed by atoms with Crippen molar-refractivity contribution in [3.8, 4) is 17.3 Å². The third kappa shape index (κ3) is 4.00. The number of nitrogens with one attached hydrogen (secondary N) is 1. The van der Waals surface area contributed by atoms with E-state index >= 15 is 0 Å². The number of hydrogen-bond acceptors (Lipinski definition) is 6. The van der Waals surface area contributed by atoms with Crippen LogP contribution in [0.2, 0.25) is 0 Å². The minimum Gasteiger partial charge on any atom is -0.497 e. The van der Waals surface area contributed by atoms with Crippen LogP contribution in [-0.2, 0) is 11.2 Å². The van der Waals surface area contributed by atoms with Crippen LogP contribution in [-0.4, -0.2) is 29.9 Å². The third-order valence-electron chi connectivity index (χ3n) is 4.92. The first-order chi connectivity index (χ1) is 15.0. The van der Waals surface area contributed by atoms with Crippen molar-refractivity contribution in [2.24, 2.45) is 0 Å². The van der Waals surface area contributed by atoms with Crippen molar-refractivity contribution in [3.63, 3.8) is 0 Å². The Labute approximate surface area is 178 Å². The second kappa shape index (κ2) is 8.35. The summed E-state index contributed by atoms with van der Waals surface area (Å²) in [5, 5.41) is 7.89. The molecule has 2 heterocycles. The molecule has 31 heavy (non-hydrogen) atoms. The van der Waals surface area contributed by atoms with E-state index in [-0.39, 0.29) is 17.9 Å². The number of nitrogens with zero attached hydrogens (tertiary/aromatic N) is 2. The lowest BCUT2D eigenvalue weighted by Crippen LogP contribution is -2.19. The predicted octanol–water partition coefficient (Wildman–Crippen LogP) is 3.49. The van der Waals surface area contributed by atoms with E-state index in [4.69, 9.17) is 14.0 Å². The Morgan fingerprint density at radius 2 is 1.94 bits per heavy atom. The van der Waals surface area contributed by atoms with E-state index in [1.165, 1.54) is 4.57 Å². The average Bonchev–Trinajstić information content (AvgIpc) is 3.20. The molecule has 0 radical (unpaired) electrons. The standard InChI is InChI=1S/C23H21N3O5/c1-14-11-21(25-31-14)26-10-9-17-18(23(26)28)5-4-6-19(17)24-22(27)13-15-12-16(29-2)7-8-20(15)30-3/h4-12H,13H2,1-3H3,(H,24,27). The molecule has 8 nitrogen and oxygen atoms in total. The number of ether oxygens (including phenoxy) is 2. The highest BCUT2D eigenvalue weighted by Crippen LogP contribution is 2.26. The first kappa shape index (κ1) is 20.2. The van der Waals surface area contributed by atoms with Crippen LogP contribution in [0.5, 0.6) is 11.5 Å². The van der Waals surface area contributed by atoms with Crippen molar-refractivity contribution in [1.82, 2.24) is 9.72 Å². The van der Waals surface area contributed by atoms with Crippen LogP contribution in [0.3, 0.4) is 0 Å². The second-order valence-electron chi connectivity index (χ2n) is 6.96. The Balaban J connectivity index is 1.64. The Hall–Kier alpha value is -4.07. The molecular weight excluding hydrogens is 398 g/mol. The molecule has 2 aromatic heterocycles. The van der Waals surface area contributed by atoms with Gasteiger partial charge in [0.1, 0.15) is 17.3 Å². The van der Waals surface area contributed by atoms with Gasteiger partial charge in [0.05, 0.1) is 20.6 Å². The van der Waals surface area contributed by atoms with Gasteiger partial charge in [-0.25, -0.2) is 0 Å². The van der Waals surface area contributed by atoms with E-state index in [1.807, 2.05) is 0 Å². The van der Waals surface area contributed by atoms with Crippen molar-refractivity contribution >= 4 is 22.4 Å². The summed E-state index contributed by atoms with van der Waals surface area (Å²) in [4.78, 5) is 25.7. The molecule has 0 bridgehead atoms. The minimum absolute atomic E-state index is 0.0893. The zero-order valence-electron chi connectivity index (χ0n) is 17.3. The topological polar surface area (TPSA) is 95.6 Å². The summed E-state index contributed by atoms with van der Waals surface area (Å²) in [7, 11) is 3.12. The molecule has 0 spiro atoms. The maximum absolute atomic E-state index is 13.0. The van der Waals surface area contributed by atoms with Crippen molar-refractivity contribution in [2.75, 3.05) is 19.5 Å². The highest BCUT2D eigenvalue weighted by molar-refractivity contribution is 6.02. The molecule has 0 unspecified atom stereocenters. The van der Waals surface area contributed by atoms with Crippen LogP contribution in [0.25, 0.3) is 16.6 Å². The fourth-order valence-electron chi connectivity index (χ4n) is 3.42. The summed E-state index contributed by atoms with van der Waals surface area (Å²) < 4.78 is 17.1. The number of carbonyl (C=O) groups excluding carboxylic acids is 1. The largest absolute Gasteiger partial charge is 0.497 e. The maximum Gasteiger partial charge on any atom is 0.264 e. The van der Waals surface area contributed by atoms with E-state index in [0.29, 0.717) is 45.1 Å². The van der Waals surface area contributed by atoms with Gasteiger partial charge in [-0.15, -0.1) is 0 Å². The van der Waals surface area contributed by atoms with Gasteiger partial charge in [0.25, 0.3) is 5.56 Å². The number of carbonyl (C=O) groups is 1. The van der Waals surface area contributed by atoms with Gasteiger partial charge in [-0.05, 0) is 43.3 Å². The molecule has 0 saturated carbocycles. The van der Waals surface area contributed by atoms with Gasteiger partial charge in [-0.1, -0.05) is 11.2 Å². The van der Waals surface area contributed by atoms with Crippen molar-refractivity contribution in [2.45, 2.75) is 13.3 Å². The summed E-state index contributed by atoms with van der Waals surface area (Å²) in [6.07, 6.45) is 1.70. The normalized spacial score (nSPS) is 10.8. The number of rotatable bonds is 6.